The maximum Gasteiger partial charge on any atom is 0.227 e. The molecule has 0 bridgehead atoms. The van der Waals surface area contributed by atoms with E-state index < -0.39 is 0 Å². The van der Waals surface area contributed by atoms with E-state index in [2.05, 4.69) is 20.9 Å². The molecule has 21 heavy (non-hydrogen) atoms. The summed E-state index contributed by atoms with van der Waals surface area (Å²) in [5, 5.41) is 8.61. The summed E-state index contributed by atoms with van der Waals surface area (Å²) in [4.78, 5) is 20.5. The van der Waals surface area contributed by atoms with E-state index in [1.807, 2.05) is 18.2 Å². The van der Waals surface area contributed by atoms with Crippen LogP contribution in [0.3, 0.4) is 0 Å². The standard InChI is InChI=1S/C15H21N5O/c16-5-3-7-19-8-10-20(11-9-19)12-13(15(17)21)14-4-1-2-6-18-14/h1-2,4,6,13H,3,7-12H2,(H2,17,21). The van der Waals surface area contributed by atoms with Crippen LogP contribution in [0.1, 0.15) is 18.0 Å². The second-order valence-corrected chi connectivity index (χ2v) is 5.26. The van der Waals surface area contributed by atoms with Crippen molar-refractivity contribution < 1.29 is 4.79 Å². The number of piperazine rings is 1. The Morgan fingerprint density at radius 3 is 2.62 bits per heavy atom. The number of carbonyl (C=O) groups excluding carboxylic acids is 1. The number of nitrogens with zero attached hydrogens (tertiary/aromatic N) is 4. The molecule has 2 rings (SSSR count). The molecule has 0 aliphatic carbocycles. The Morgan fingerprint density at radius 1 is 1.33 bits per heavy atom. The fraction of sp³-hybridized carbons (Fsp3) is 0.533. The molecular formula is C15H21N5O. The van der Waals surface area contributed by atoms with Crippen LogP contribution >= 0.6 is 0 Å². The summed E-state index contributed by atoms with van der Waals surface area (Å²) in [5.74, 6) is -0.697. The molecule has 0 radical (unpaired) electrons. The van der Waals surface area contributed by atoms with Crippen molar-refractivity contribution in [1.29, 1.82) is 5.26 Å². The topological polar surface area (TPSA) is 86.3 Å². The molecule has 1 aromatic rings. The number of carbonyl (C=O) groups is 1. The highest BCUT2D eigenvalue weighted by molar-refractivity contribution is 5.81. The summed E-state index contributed by atoms with van der Waals surface area (Å²) in [5.41, 5.74) is 6.26. The monoisotopic (exact) mass is 287 g/mol. The van der Waals surface area contributed by atoms with Crippen LogP contribution in [0.2, 0.25) is 0 Å². The van der Waals surface area contributed by atoms with Crippen LogP contribution in [-0.4, -0.2) is 60.0 Å². The van der Waals surface area contributed by atoms with Gasteiger partial charge < -0.3 is 5.73 Å². The van der Waals surface area contributed by atoms with Gasteiger partial charge in [-0.15, -0.1) is 0 Å². The molecule has 1 aliphatic heterocycles. The van der Waals surface area contributed by atoms with E-state index >= 15 is 0 Å². The third-order valence-corrected chi connectivity index (χ3v) is 3.83. The van der Waals surface area contributed by atoms with E-state index in [1.54, 1.807) is 6.20 Å². The highest BCUT2D eigenvalue weighted by Crippen LogP contribution is 2.15. The Bertz CT molecular complexity index is 491. The van der Waals surface area contributed by atoms with Crippen molar-refractivity contribution in [3.63, 3.8) is 0 Å². The molecule has 1 fully saturated rings. The van der Waals surface area contributed by atoms with Crippen LogP contribution in [-0.2, 0) is 4.79 Å². The van der Waals surface area contributed by atoms with Crippen molar-refractivity contribution in [3.05, 3.63) is 30.1 Å². The molecule has 1 saturated heterocycles. The van der Waals surface area contributed by atoms with Crippen molar-refractivity contribution in [1.82, 2.24) is 14.8 Å². The normalized spacial score (nSPS) is 18.0. The first kappa shape index (κ1) is 15.4. The smallest absolute Gasteiger partial charge is 0.227 e. The Kier molecular flexibility index (Phi) is 5.67. The molecule has 1 aromatic heterocycles. The van der Waals surface area contributed by atoms with Crippen LogP contribution < -0.4 is 5.73 Å². The third kappa shape index (κ3) is 4.52. The lowest BCUT2D eigenvalue weighted by Crippen LogP contribution is -2.48. The van der Waals surface area contributed by atoms with Crippen LogP contribution in [0.15, 0.2) is 24.4 Å². The van der Waals surface area contributed by atoms with Gasteiger partial charge in [0.15, 0.2) is 0 Å². The number of nitrogens with two attached hydrogens (primary N) is 1. The van der Waals surface area contributed by atoms with Crippen LogP contribution in [0.25, 0.3) is 0 Å². The number of primary amides is 1. The maximum absolute atomic E-state index is 11.7. The molecule has 6 nitrogen and oxygen atoms in total. The molecule has 112 valence electrons. The van der Waals surface area contributed by atoms with Crippen molar-refractivity contribution in [2.75, 3.05) is 39.3 Å². The summed E-state index contributed by atoms with van der Waals surface area (Å²) in [6, 6.07) is 7.72. The lowest BCUT2D eigenvalue weighted by atomic mass is 10.0. The Balaban J connectivity index is 1.89. The van der Waals surface area contributed by atoms with Gasteiger partial charge in [-0.2, -0.15) is 5.26 Å². The van der Waals surface area contributed by atoms with Crippen LogP contribution in [0.4, 0.5) is 0 Å². The first-order valence-corrected chi connectivity index (χ1v) is 7.22. The second-order valence-electron chi connectivity index (χ2n) is 5.26. The van der Waals surface area contributed by atoms with Gasteiger partial charge in [0.1, 0.15) is 0 Å². The summed E-state index contributed by atoms with van der Waals surface area (Å²) in [6.07, 6.45) is 2.25. The summed E-state index contributed by atoms with van der Waals surface area (Å²) < 4.78 is 0. The highest BCUT2D eigenvalue weighted by atomic mass is 16.1. The third-order valence-electron chi connectivity index (χ3n) is 3.83. The van der Waals surface area contributed by atoms with Gasteiger partial charge in [-0.1, -0.05) is 6.07 Å². The average molecular weight is 287 g/mol. The molecule has 0 spiro atoms. The van der Waals surface area contributed by atoms with Crippen molar-refractivity contribution in [3.8, 4) is 6.07 Å². The average Bonchev–Trinajstić information content (AvgIpc) is 2.52. The zero-order chi connectivity index (χ0) is 15.1. The molecule has 0 aromatic carbocycles. The number of pyridine rings is 1. The van der Waals surface area contributed by atoms with Gasteiger partial charge in [-0.05, 0) is 12.1 Å². The molecule has 0 saturated carbocycles. The summed E-state index contributed by atoms with van der Waals surface area (Å²) in [7, 11) is 0. The minimum absolute atomic E-state index is 0.333. The second kappa shape index (κ2) is 7.72. The summed E-state index contributed by atoms with van der Waals surface area (Å²) in [6.45, 7) is 5.07. The summed E-state index contributed by atoms with van der Waals surface area (Å²) >= 11 is 0. The van der Waals surface area contributed by atoms with Crippen molar-refractivity contribution in [2.24, 2.45) is 5.73 Å². The zero-order valence-electron chi connectivity index (χ0n) is 12.1. The van der Waals surface area contributed by atoms with E-state index in [0.29, 0.717) is 13.0 Å². The Labute approximate surface area is 125 Å². The SMILES string of the molecule is N#CCCN1CCN(CC(C(N)=O)c2ccccn2)CC1. The number of rotatable bonds is 6. The number of aromatic nitrogens is 1. The van der Waals surface area contributed by atoms with Crippen molar-refractivity contribution in [2.45, 2.75) is 12.3 Å². The van der Waals surface area contributed by atoms with Gasteiger partial charge in [-0.25, -0.2) is 0 Å². The predicted molar refractivity (Wildman–Crippen MR) is 79.3 cm³/mol. The number of hydrogen-bond acceptors (Lipinski definition) is 5. The molecule has 1 atom stereocenters. The van der Waals surface area contributed by atoms with Crippen LogP contribution in [0.5, 0.6) is 0 Å². The molecule has 2 N–H and O–H groups in total. The first-order valence-electron chi connectivity index (χ1n) is 7.22. The molecular weight excluding hydrogens is 266 g/mol. The zero-order valence-corrected chi connectivity index (χ0v) is 12.1. The highest BCUT2D eigenvalue weighted by Gasteiger charge is 2.24. The maximum atomic E-state index is 11.7. The minimum atomic E-state index is -0.364. The fourth-order valence-corrected chi connectivity index (χ4v) is 2.57. The predicted octanol–water partition coefficient (Wildman–Crippen LogP) is 0.182. The van der Waals surface area contributed by atoms with Gasteiger partial charge in [0, 0.05) is 51.9 Å². The van der Waals surface area contributed by atoms with E-state index in [1.165, 1.54) is 0 Å². The van der Waals surface area contributed by atoms with Gasteiger partial charge in [0.05, 0.1) is 17.7 Å². The van der Waals surface area contributed by atoms with Crippen molar-refractivity contribution >= 4 is 5.91 Å². The Hall–Kier alpha value is -1.97. The lowest BCUT2D eigenvalue weighted by molar-refractivity contribution is -0.120. The van der Waals surface area contributed by atoms with E-state index in [4.69, 9.17) is 11.0 Å². The van der Waals surface area contributed by atoms with E-state index in [-0.39, 0.29) is 11.8 Å². The molecule has 1 aliphatic rings. The Morgan fingerprint density at radius 2 is 2.05 bits per heavy atom. The fourth-order valence-electron chi connectivity index (χ4n) is 2.57. The molecule has 1 amide bonds. The largest absolute Gasteiger partial charge is 0.369 e. The van der Waals surface area contributed by atoms with Gasteiger partial charge in [-0.3, -0.25) is 19.6 Å². The lowest BCUT2D eigenvalue weighted by Gasteiger charge is -2.35. The molecule has 1 unspecified atom stereocenters. The molecule has 2 heterocycles. The first-order chi connectivity index (χ1) is 10.2. The minimum Gasteiger partial charge on any atom is -0.369 e. The van der Waals surface area contributed by atoms with E-state index in [0.717, 1.165) is 38.4 Å². The quantitative estimate of drug-likeness (QED) is 0.806. The van der Waals surface area contributed by atoms with Gasteiger partial charge >= 0.3 is 0 Å². The van der Waals surface area contributed by atoms with E-state index in [9.17, 15) is 4.79 Å². The number of nitriles is 1. The van der Waals surface area contributed by atoms with Gasteiger partial charge in [0.2, 0.25) is 5.91 Å². The van der Waals surface area contributed by atoms with Crippen LogP contribution in [0, 0.1) is 11.3 Å². The molecule has 6 heteroatoms. The number of amides is 1. The number of hydrogen-bond donors (Lipinski definition) is 1. The van der Waals surface area contributed by atoms with Gasteiger partial charge in [0.25, 0.3) is 0 Å².